The standard InChI is InChI=1S/C13H24N2O5/c1-4-9(2)15(6-12(17)18)13(19)14-5-11(7-16)20-8-10(14)3/h9-11,16H,4-8H2,1-3H3,(H,17,18). The summed E-state index contributed by atoms with van der Waals surface area (Å²) < 4.78 is 5.39. The predicted octanol–water partition coefficient (Wildman–Crippen LogP) is 0.373. The highest BCUT2D eigenvalue weighted by Crippen LogP contribution is 2.16. The minimum absolute atomic E-state index is 0.134. The van der Waals surface area contributed by atoms with Crippen LogP contribution in [-0.2, 0) is 9.53 Å². The fraction of sp³-hybridized carbons (Fsp3) is 0.846. The molecule has 1 aliphatic rings. The number of aliphatic carboxylic acids is 1. The quantitative estimate of drug-likeness (QED) is 0.763. The topological polar surface area (TPSA) is 90.3 Å². The number of urea groups is 1. The second-order valence-corrected chi connectivity index (χ2v) is 5.20. The number of ether oxygens (including phenoxy) is 1. The summed E-state index contributed by atoms with van der Waals surface area (Å²) in [5.41, 5.74) is 0. The molecule has 116 valence electrons. The Morgan fingerprint density at radius 1 is 1.50 bits per heavy atom. The van der Waals surface area contributed by atoms with E-state index in [0.29, 0.717) is 13.0 Å². The van der Waals surface area contributed by atoms with Crippen LogP contribution in [0, 0.1) is 0 Å². The van der Waals surface area contributed by atoms with E-state index in [-0.39, 0.29) is 37.8 Å². The molecule has 2 N–H and O–H groups in total. The zero-order valence-electron chi connectivity index (χ0n) is 12.3. The molecule has 0 spiro atoms. The number of nitrogens with zero attached hydrogens (tertiary/aromatic N) is 2. The molecule has 0 radical (unpaired) electrons. The van der Waals surface area contributed by atoms with Crippen molar-refractivity contribution in [3.8, 4) is 0 Å². The van der Waals surface area contributed by atoms with Crippen molar-refractivity contribution in [1.82, 2.24) is 9.80 Å². The van der Waals surface area contributed by atoms with Crippen LogP contribution in [0.1, 0.15) is 27.2 Å². The number of hydrogen-bond donors (Lipinski definition) is 2. The zero-order chi connectivity index (χ0) is 15.3. The Morgan fingerprint density at radius 3 is 2.65 bits per heavy atom. The van der Waals surface area contributed by atoms with Gasteiger partial charge in [0.05, 0.1) is 31.9 Å². The number of carbonyl (C=O) groups is 2. The van der Waals surface area contributed by atoms with Crippen LogP contribution in [0.3, 0.4) is 0 Å². The van der Waals surface area contributed by atoms with Crippen LogP contribution in [0.25, 0.3) is 0 Å². The minimum Gasteiger partial charge on any atom is -0.480 e. The molecule has 0 aromatic carbocycles. The highest BCUT2D eigenvalue weighted by molar-refractivity contribution is 5.80. The largest absolute Gasteiger partial charge is 0.480 e. The van der Waals surface area contributed by atoms with Gasteiger partial charge in [-0.2, -0.15) is 0 Å². The van der Waals surface area contributed by atoms with Gasteiger partial charge in [-0.1, -0.05) is 6.92 Å². The number of morpholine rings is 1. The van der Waals surface area contributed by atoms with Gasteiger partial charge in [-0.25, -0.2) is 4.79 Å². The first-order valence-corrected chi connectivity index (χ1v) is 6.92. The van der Waals surface area contributed by atoms with Crippen molar-refractivity contribution in [2.75, 3.05) is 26.3 Å². The van der Waals surface area contributed by atoms with Crippen LogP contribution in [0.2, 0.25) is 0 Å². The second-order valence-electron chi connectivity index (χ2n) is 5.20. The average Bonchev–Trinajstić information content (AvgIpc) is 2.43. The van der Waals surface area contributed by atoms with Gasteiger partial charge in [-0.3, -0.25) is 4.79 Å². The third-order valence-corrected chi connectivity index (χ3v) is 3.63. The first-order chi connectivity index (χ1) is 9.40. The molecule has 3 unspecified atom stereocenters. The number of carbonyl (C=O) groups excluding carboxylic acids is 1. The maximum Gasteiger partial charge on any atom is 0.323 e. The van der Waals surface area contributed by atoms with E-state index in [2.05, 4.69) is 0 Å². The summed E-state index contributed by atoms with van der Waals surface area (Å²) in [6.07, 6.45) is 0.278. The van der Waals surface area contributed by atoms with Crippen molar-refractivity contribution in [1.29, 1.82) is 0 Å². The number of carboxylic acid groups (broad SMARTS) is 1. The van der Waals surface area contributed by atoms with E-state index >= 15 is 0 Å². The lowest BCUT2D eigenvalue weighted by molar-refractivity contribution is -0.138. The van der Waals surface area contributed by atoms with Gasteiger partial charge in [0.2, 0.25) is 0 Å². The van der Waals surface area contributed by atoms with E-state index in [1.165, 1.54) is 4.90 Å². The van der Waals surface area contributed by atoms with Gasteiger partial charge in [-0.15, -0.1) is 0 Å². The van der Waals surface area contributed by atoms with Crippen LogP contribution in [-0.4, -0.2) is 76.5 Å². The van der Waals surface area contributed by atoms with Crippen molar-refractivity contribution < 1.29 is 24.5 Å². The Morgan fingerprint density at radius 2 is 2.15 bits per heavy atom. The number of aliphatic hydroxyl groups is 1. The van der Waals surface area contributed by atoms with E-state index in [1.54, 1.807) is 4.90 Å². The van der Waals surface area contributed by atoms with E-state index in [1.807, 2.05) is 20.8 Å². The van der Waals surface area contributed by atoms with Crippen molar-refractivity contribution >= 4 is 12.0 Å². The first-order valence-electron chi connectivity index (χ1n) is 6.92. The molecule has 1 aliphatic heterocycles. The molecule has 3 atom stereocenters. The highest BCUT2D eigenvalue weighted by Gasteiger charge is 2.34. The normalized spacial score (nSPS) is 24.3. The van der Waals surface area contributed by atoms with E-state index in [9.17, 15) is 9.59 Å². The molecule has 1 rings (SSSR count). The lowest BCUT2D eigenvalue weighted by Gasteiger charge is -2.41. The summed E-state index contributed by atoms with van der Waals surface area (Å²) in [6, 6.07) is -0.595. The van der Waals surface area contributed by atoms with Crippen molar-refractivity contribution in [3.05, 3.63) is 0 Å². The third kappa shape index (κ3) is 4.08. The molecule has 0 saturated carbocycles. The molecule has 1 heterocycles. The summed E-state index contributed by atoms with van der Waals surface area (Å²) in [7, 11) is 0. The van der Waals surface area contributed by atoms with Gasteiger partial charge < -0.3 is 24.7 Å². The van der Waals surface area contributed by atoms with Gasteiger partial charge in [0.15, 0.2) is 0 Å². The Labute approximate surface area is 119 Å². The van der Waals surface area contributed by atoms with Crippen LogP contribution in [0.15, 0.2) is 0 Å². The van der Waals surface area contributed by atoms with Crippen molar-refractivity contribution in [2.24, 2.45) is 0 Å². The fourth-order valence-electron chi connectivity index (χ4n) is 2.14. The summed E-state index contributed by atoms with van der Waals surface area (Å²) >= 11 is 0. The van der Waals surface area contributed by atoms with E-state index in [0.717, 1.165) is 0 Å². The Hall–Kier alpha value is -1.34. The molecule has 7 heteroatoms. The number of rotatable bonds is 5. The molecule has 0 aliphatic carbocycles. The predicted molar refractivity (Wildman–Crippen MR) is 72.5 cm³/mol. The summed E-state index contributed by atoms with van der Waals surface area (Å²) in [5.74, 6) is -1.03. The molecule has 1 saturated heterocycles. The Balaban J connectivity index is 2.83. The summed E-state index contributed by atoms with van der Waals surface area (Å²) in [6.45, 7) is 5.74. The SMILES string of the molecule is CCC(C)N(CC(=O)O)C(=O)N1CC(CO)OCC1C. The first kappa shape index (κ1) is 16.7. The Bertz CT molecular complexity index is 350. The molecule has 2 amide bonds. The van der Waals surface area contributed by atoms with Crippen molar-refractivity contribution in [3.63, 3.8) is 0 Å². The lowest BCUT2D eigenvalue weighted by Crippen LogP contribution is -2.58. The molecular formula is C13H24N2O5. The molecule has 7 nitrogen and oxygen atoms in total. The van der Waals surface area contributed by atoms with Gasteiger partial charge in [0, 0.05) is 6.04 Å². The molecule has 0 aromatic heterocycles. The maximum atomic E-state index is 12.6. The monoisotopic (exact) mass is 288 g/mol. The number of amides is 2. The molecule has 0 bridgehead atoms. The summed E-state index contributed by atoms with van der Waals surface area (Å²) in [4.78, 5) is 26.4. The molecular weight excluding hydrogens is 264 g/mol. The van der Waals surface area contributed by atoms with Gasteiger partial charge in [0.1, 0.15) is 6.54 Å². The van der Waals surface area contributed by atoms with Gasteiger partial charge in [-0.05, 0) is 20.3 Å². The smallest absolute Gasteiger partial charge is 0.323 e. The van der Waals surface area contributed by atoms with Crippen LogP contribution in [0.5, 0.6) is 0 Å². The van der Waals surface area contributed by atoms with Gasteiger partial charge >= 0.3 is 12.0 Å². The van der Waals surface area contributed by atoms with Crippen LogP contribution < -0.4 is 0 Å². The number of carboxylic acids is 1. The minimum atomic E-state index is -1.03. The molecule has 1 fully saturated rings. The van der Waals surface area contributed by atoms with E-state index in [4.69, 9.17) is 14.9 Å². The van der Waals surface area contributed by atoms with Crippen molar-refractivity contribution in [2.45, 2.75) is 45.4 Å². The molecule has 0 aromatic rings. The number of hydrogen-bond acceptors (Lipinski definition) is 4. The van der Waals surface area contributed by atoms with E-state index < -0.39 is 12.1 Å². The summed E-state index contributed by atoms with van der Waals surface area (Å²) in [5, 5.41) is 18.1. The number of aliphatic hydroxyl groups excluding tert-OH is 1. The van der Waals surface area contributed by atoms with Crippen LogP contribution >= 0.6 is 0 Å². The maximum absolute atomic E-state index is 12.6. The fourth-order valence-corrected chi connectivity index (χ4v) is 2.14. The van der Waals surface area contributed by atoms with Gasteiger partial charge in [0.25, 0.3) is 0 Å². The second kappa shape index (κ2) is 7.44. The lowest BCUT2D eigenvalue weighted by atomic mass is 10.2. The van der Waals surface area contributed by atoms with Crippen LogP contribution in [0.4, 0.5) is 4.79 Å². The highest BCUT2D eigenvalue weighted by atomic mass is 16.5. The molecule has 20 heavy (non-hydrogen) atoms. The third-order valence-electron chi connectivity index (χ3n) is 3.63. The zero-order valence-corrected chi connectivity index (χ0v) is 12.3. The Kier molecular flexibility index (Phi) is 6.22. The average molecular weight is 288 g/mol.